The van der Waals surface area contributed by atoms with E-state index in [2.05, 4.69) is 66.8 Å². The SMILES string of the molecule is CCNCc1cc(Br)cnc1N(CC(C)C)C(CC)CC. The third-order valence-corrected chi connectivity index (χ3v) is 4.13. The summed E-state index contributed by atoms with van der Waals surface area (Å²) in [4.78, 5) is 7.24. The monoisotopic (exact) mass is 355 g/mol. The Bertz CT molecular complexity index is 416. The van der Waals surface area contributed by atoms with Gasteiger partial charge < -0.3 is 10.2 Å². The minimum atomic E-state index is 0.557. The van der Waals surface area contributed by atoms with Crippen LogP contribution in [0.2, 0.25) is 0 Å². The molecule has 0 unspecified atom stereocenters. The second-order valence-electron chi connectivity index (χ2n) is 5.93. The van der Waals surface area contributed by atoms with E-state index >= 15 is 0 Å². The van der Waals surface area contributed by atoms with E-state index in [1.165, 1.54) is 5.56 Å². The molecule has 0 fully saturated rings. The molecule has 1 aromatic heterocycles. The molecule has 1 N–H and O–H groups in total. The second-order valence-corrected chi connectivity index (χ2v) is 6.85. The predicted octanol–water partition coefficient (Wildman–Crippen LogP) is 4.60. The molecule has 120 valence electrons. The van der Waals surface area contributed by atoms with Crippen LogP contribution >= 0.6 is 15.9 Å². The molecule has 0 aliphatic heterocycles. The maximum atomic E-state index is 4.74. The van der Waals surface area contributed by atoms with Gasteiger partial charge in [0.15, 0.2) is 0 Å². The van der Waals surface area contributed by atoms with Crippen LogP contribution in [0, 0.1) is 5.92 Å². The summed E-state index contributed by atoms with van der Waals surface area (Å²) in [5.74, 6) is 1.77. The fourth-order valence-electron chi connectivity index (χ4n) is 2.65. The fourth-order valence-corrected chi connectivity index (χ4v) is 3.03. The van der Waals surface area contributed by atoms with Crippen molar-refractivity contribution < 1.29 is 0 Å². The number of nitrogens with one attached hydrogen (secondary N) is 1. The quantitative estimate of drug-likeness (QED) is 0.701. The van der Waals surface area contributed by atoms with Crippen LogP contribution in [0.25, 0.3) is 0 Å². The Morgan fingerprint density at radius 1 is 1.24 bits per heavy atom. The van der Waals surface area contributed by atoms with E-state index in [-0.39, 0.29) is 0 Å². The number of rotatable bonds is 9. The summed E-state index contributed by atoms with van der Waals surface area (Å²) in [7, 11) is 0. The van der Waals surface area contributed by atoms with Gasteiger partial charge in [-0.05, 0) is 47.3 Å². The average molecular weight is 356 g/mol. The average Bonchev–Trinajstić information content (AvgIpc) is 2.45. The van der Waals surface area contributed by atoms with E-state index in [0.717, 1.165) is 42.8 Å². The van der Waals surface area contributed by atoms with Crippen LogP contribution in [-0.2, 0) is 6.54 Å². The Morgan fingerprint density at radius 2 is 1.90 bits per heavy atom. The lowest BCUT2D eigenvalue weighted by molar-refractivity contribution is 0.501. The summed E-state index contributed by atoms with van der Waals surface area (Å²) in [6, 6.07) is 2.75. The van der Waals surface area contributed by atoms with Crippen molar-refractivity contribution in [2.45, 2.75) is 60.0 Å². The largest absolute Gasteiger partial charge is 0.353 e. The van der Waals surface area contributed by atoms with Crippen molar-refractivity contribution in [1.29, 1.82) is 0 Å². The summed E-state index contributed by atoms with van der Waals surface area (Å²) < 4.78 is 1.05. The van der Waals surface area contributed by atoms with Crippen molar-refractivity contribution in [1.82, 2.24) is 10.3 Å². The number of halogens is 1. The van der Waals surface area contributed by atoms with Gasteiger partial charge in [0.2, 0.25) is 0 Å². The number of nitrogens with zero attached hydrogens (tertiary/aromatic N) is 2. The van der Waals surface area contributed by atoms with E-state index in [4.69, 9.17) is 4.98 Å². The normalized spacial score (nSPS) is 11.4. The molecule has 1 aromatic rings. The van der Waals surface area contributed by atoms with Gasteiger partial charge in [0.05, 0.1) is 0 Å². The molecule has 0 spiro atoms. The molecule has 0 aromatic carbocycles. The van der Waals surface area contributed by atoms with Gasteiger partial charge in [-0.2, -0.15) is 0 Å². The number of hydrogen-bond acceptors (Lipinski definition) is 3. The summed E-state index contributed by atoms with van der Waals surface area (Å²) >= 11 is 3.55. The zero-order valence-corrected chi connectivity index (χ0v) is 15.7. The zero-order chi connectivity index (χ0) is 15.8. The topological polar surface area (TPSA) is 28.2 Å². The minimum absolute atomic E-state index is 0.557. The number of pyridine rings is 1. The van der Waals surface area contributed by atoms with Gasteiger partial charge in [-0.25, -0.2) is 4.98 Å². The number of aromatic nitrogens is 1. The highest BCUT2D eigenvalue weighted by atomic mass is 79.9. The number of anilines is 1. The highest BCUT2D eigenvalue weighted by molar-refractivity contribution is 9.10. The lowest BCUT2D eigenvalue weighted by Crippen LogP contribution is -2.39. The van der Waals surface area contributed by atoms with Gasteiger partial charge in [0, 0.05) is 35.4 Å². The van der Waals surface area contributed by atoms with Gasteiger partial charge in [-0.15, -0.1) is 0 Å². The standard InChI is InChI=1S/C17H30BrN3/c1-6-16(7-2)21(12-13(4)5)17-14(10-19-8-3)9-15(18)11-20-17/h9,11,13,16,19H,6-8,10,12H2,1-5H3. The van der Waals surface area contributed by atoms with E-state index in [1.54, 1.807) is 0 Å². The van der Waals surface area contributed by atoms with Crippen LogP contribution in [0.5, 0.6) is 0 Å². The van der Waals surface area contributed by atoms with E-state index in [9.17, 15) is 0 Å². The van der Waals surface area contributed by atoms with Crippen LogP contribution in [-0.4, -0.2) is 24.1 Å². The van der Waals surface area contributed by atoms with Crippen molar-refractivity contribution in [3.63, 3.8) is 0 Å². The third kappa shape index (κ3) is 5.59. The minimum Gasteiger partial charge on any atom is -0.353 e. The van der Waals surface area contributed by atoms with Crippen LogP contribution in [0.15, 0.2) is 16.7 Å². The molecule has 0 bridgehead atoms. The smallest absolute Gasteiger partial charge is 0.133 e. The molecule has 0 radical (unpaired) electrons. The van der Waals surface area contributed by atoms with Gasteiger partial charge >= 0.3 is 0 Å². The predicted molar refractivity (Wildman–Crippen MR) is 95.9 cm³/mol. The first-order valence-corrected chi connectivity index (χ1v) is 8.94. The molecule has 21 heavy (non-hydrogen) atoms. The van der Waals surface area contributed by atoms with Crippen LogP contribution in [0.4, 0.5) is 5.82 Å². The molecule has 1 heterocycles. The Morgan fingerprint density at radius 3 is 2.43 bits per heavy atom. The molecule has 0 saturated heterocycles. The zero-order valence-electron chi connectivity index (χ0n) is 14.1. The first-order chi connectivity index (χ1) is 10.0. The molecular formula is C17H30BrN3. The molecule has 0 atom stereocenters. The molecule has 1 rings (SSSR count). The molecule has 0 amide bonds. The molecular weight excluding hydrogens is 326 g/mol. The van der Waals surface area contributed by atoms with Crippen molar-refractivity contribution >= 4 is 21.7 Å². The van der Waals surface area contributed by atoms with Crippen LogP contribution in [0.1, 0.15) is 53.0 Å². The molecule has 3 nitrogen and oxygen atoms in total. The summed E-state index contributed by atoms with van der Waals surface area (Å²) in [6.45, 7) is 14.1. The Balaban J connectivity index is 3.15. The first kappa shape index (κ1) is 18.4. The second kappa shape index (κ2) is 9.42. The van der Waals surface area contributed by atoms with Gasteiger partial charge in [0.25, 0.3) is 0 Å². The van der Waals surface area contributed by atoms with Gasteiger partial charge in [-0.3, -0.25) is 0 Å². The highest BCUT2D eigenvalue weighted by Crippen LogP contribution is 2.26. The number of hydrogen-bond donors (Lipinski definition) is 1. The first-order valence-electron chi connectivity index (χ1n) is 8.15. The lowest BCUT2D eigenvalue weighted by Gasteiger charge is -2.34. The Kier molecular flexibility index (Phi) is 8.27. The van der Waals surface area contributed by atoms with Crippen molar-refractivity contribution in [2.75, 3.05) is 18.0 Å². The summed E-state index contributed by atoms with van der Waals surface area (Å²) in [5, 5.41) is 3.43. The van der Waals surface area contributed by atoms with Crippen molar-refractivity contribution in [2.24, 2.45) is 5.92 Å². The fraction of sp³-hybridized carbons (Fsp3) is 0.706. The van der Waals surface area contributed by atoms with Crippen LogP contribution in [0.3, 0.4) is 0 Å². The third-order valence-electron chi connectivity index (χ3n) is 3.69. The van der Waals surface area contributed by atoms with E-state index in [1.807, 2.05) is 6.20 Å². The Labute approximate surface area is 138 Å². The van der Waals surface area contributed by atoms with Crippen molar-refractivity contribution in [3.8, 4) is 0 Å². The van der Waals surface area contributed by atoms with Crippen LogP contribution < -0.4 is 10.2 Å². The lowest BCUT2D eigenvalue weighted by atomic mass is 10.1. The van der Waals surface area contributed by atoms with E-state index < -0.39 is 0 Å². The maximum absolute atomic E-state index is 4.74. The van der Waals surface area contributed by atoms with Crippen molar-refractivity contribution in [3.05, 3.63) is 22.3 Å². The summed E-state index contributed by atoms with van der Waals surface area (Å²) in [5.41, 5.74) is 1.28. The maximum Gasteiger partial charge on any atom is 0.133 e. The summed E-state index contributed by atoms with van der Waals surface area (Å²) in [6.07, 6.45) is 4.23. The van der Waals surface area contributed by atoms with Gasteiger partial charge in [0.1, 0.15) is 5.82 Å². The van der Waals surface area contributed by atoms with Gasteiger partial charge in [-0.1, -0.05) is 34.6 Å². The molecule has 0 aliphatic carbocycles. The molecule has 0 saturated carbocycles. The molecule has 0 aliphatic rings. The highest BCUT2D eigenvalue weighted by Gasteiger charge is 2.21. The van der Waals surface area contributed by atoms with E-state index in [0.29, 0.717) is 12.0 Å². The Hall–Kier alpha value is -0.610. The molecule has 4 heteroatoms.